The number of hydrogen-bond donors (Lipinski definition) is 1. The Kier molecular flexibility index (Phi) is 4.04. The molecule has 0 aliphatic carbocycles. The number of nitrogens with zero attached hydrogens (tertiary/aromatic N) is 3. The van der Waals surface area contributed by atoms with Crippen molar-refractivity contribution in [1.29, 1.82) is 0 Å². The van der Waals surface area contributed by atoms with E-state index in [1.54, 1.807) is 18.2 Å². The second-order valence-electron chi connectivity index (χ2n) is 7.49. The Bertz CT molecular complexity index is 1640. The fourth-order valence-corrected chi connectivity index (χ4v) is 3.96. The van der Waals surface area contributed by atoms with Crippen LogP contribution in [0.15, 0.2) is 83.3 Å². The third-order valence-electron chi connectivity index (χ3n) is 5.54. The number of phenols is 1. The van der Waals surface area contributed by atoms with Crippen LogP contribution in [0.1, 0.15) is 0 Å². The van der Waals surface area contributed by atoms with E-state index in [9.17, 15) is 5.11 Å². The largest absolute Gasteiger partial charge is 0.507 e. The molecular formula is C26H17N3O3. The quantitative estimate of drug-likeness (QED) is 0.380. The molecule has 1 N–H and O–H groups in total. The number of phenolic OH excluding ortho intramolecular Hbond substituents is 1. The number of methoxy groups -OCH3 is 1. The molecule has 0 aliphatic rings. The van der Waals surface area contributed by atoms with Gasteiger partial charge >= 0.3 is 6.01 Å². The summed E-state index contributed by atoms with van der Waals surface area (Å²) in [6.45, 7) is 0. The van der Waals surface area contributed by atoms with Crippen LogP contribution in [0.5, 0.6) is 11.8 Å². The summed E-state index contributed by atoms with van der Waals surface area (Å²) < 4.78 is 11.4. The first kappa shape index (κ1) is 18.3. The molecule has 0 atom stereocenters. The Morgan fingerprint density at radius 3 is 2.25 bits per heavy atom. The summed E-state index contributed by atoms with van der Waals surface area (Å²) in [7, 11) is 1.51. The van der Waals surface area contributed by atoms with Crippen molar-refractivity contribution in [2.45, 2.75) is 0 Å². The fraction of sp³-hybridized carbons (Fsp3) is 0.0385. The summed E-state index contributed by atoms with van der Waals surface area (Å²) >= 11 is 0. The van der Waals surface area contributed by atoms with Crippen LogP contribution < -0.4 is 4.74 Å². The van der Waals surface area contributed by atoms with Gasteiger partial charge in [-0.1, -0.05) is 36.4 Å². The van der Waals surface area contributed by atoms with Gasteiger partial charge in [-0.15, -0.1) is 0 Å². The lowest BCUT2D eigenvalue weighted by Gasteiger charge is -2.08. The number of benzene rings is 4. The molecule has 2 aromatic heterocycles. The van der Waals surface area contributed by atoms with Crippen LogP contribution in [0.25, 0.3) is 55.5 Å². The first-order chi connectivity index (χ1) is 15.7. The second-order valence-corrected chi connectivity index (χ2v) is 7.49. The number of aromatic hydroxyl groups is 1. The molecule has 0 saturated heterocycles. The second kappa shape index (κ2) is 7.06. The number of ether oxygens (including phenoxy) is 1. The van der Waals surface area contributed by atoms with Gasteiger partial charge in [0, 0.05) is 16.3 Å². The zero-order valence-electron chi connectivity index (χ0n) is 17.1. The summed E-state index contributed by atoms with van der Waals surface area (Å²) in [5.41, 5.74) is 2.93. The number of aromatic nitrogens is 3. The van der Waals surface area contributed by atoms with Gasteiger partial charge in [0.25, 0.3) is 0 Å². The summed E-state index contributed by atoms with van der Waals surface area (Å²) in [5.74, 6) is 0.884. The van der Waals surface area contributed by atoms with Crippen LogP contribution in [-0.2, 0) is 0 Å². The highest BCUT2D eigenvalue weighted by Gasteiger charge is 2.15. The van der Waals surface area contributed by atoms with Crippen molar-refractivity contribution in [3.8, 4) is 34.5 Å². The van der Waals surface area contributed by atoms with E-state index in [4.69, 9.17) is 9.15 Å². The number of fused-ring (bicyclic) bond motifs is 4. The van der Waals surface area contributed by atoms with Crippen molar-refractivity contribution >= 4 is 32.7 Å². The van der Waals surface area contributed by atoms with Gasteiger partial charge in [0.05, 0.1) is 12.7 Å². The summed E-state index contributed by atoms with van der Waals surface area (Å²) in [5, 5.41) is 14.5. The molecule has 2 heterocycles. The number of furan rings is 1. The predicted octanol–water partition coefficient (Wildman–Crippen LogP) is 5.97. The van der Waals surface area contributed by atoms with Crippen molar-refractivity contribution in [3.05, 3.63) is 78.9 Å². The highest BCUT2D eigenvalue weighted by Crippen LogP contribution is 2.35. The summed E-state index contributed by atoms with van der Waals surface area (Å²) in [6.07, 6.45) is 0. The van der Waals surface area contributed by atoms with Crippen LogP contribution in [0.2, 0.25) is 0 Å². The lowest BCUT2D eigenvalue weighted by Crippen LogP contribution is -2.00. The van der Waals surface area contributed by atoms with Gasteiger partial charge in [-0.25, -0.2) is 4.98 Å². The average molecular weight is 419 g/mol. The summed E-state index contributed by atoms with van der Waals surface area (Å²) in [4.78, 5) is 13.4. The van der Waals surface area contributed by atoms with E-state index in [0.29, 0.717) is 17.2 Å². The van der Waals surface area contributed by atoms with E-state index in [2.05, 4.69) is 39.2 Å². The molecule has 154 valence electrons. The Balaban J connectivity index is 1.56. The van der Waals surface area contributed by atoms with Gasteiger partial charge in [0.15, 0.2) is 11.6 Å². The molecule has 4 aromatic carbocycles. The van der Waals surface area contributed by atoms with E-state index in [1.165, 1.54) is 7.11 Å². The third-order valence-corrected chi connectivity index (χ3v) is 5.54. The molecule has 0 saturated carbocycles. The normalized spacial score (nSPS) is 11.4. The van der Waals surface area contributed by atoms with Gasteiger partial charge in [-0.2, -0.15) is 9.97 Å². The van der Waals surface area contributed by atoms with Gasteiger partial charge < -0.3 is 14.3 Å². The highest BCUT2D eigenvalue weighted by molar-refractivity contribution is 6.10. The monoisotopic (exact) mass is 419 g/mol. The van der Waals surface area contributed by atoms with Crippen molar-refractivity contribution in [2.24, 2.45) is 0 Å². The van der Waals surface area contributed by atoms with Gasteiger partial charge in [0.2, 0.25) is 0 Å². The minimum Gasteiger partial charge on any atom is -0.507 e. The molecule has 0 aliphatic heterocycles. The standard InChI is InChI=1S/C26H17N3O3/c1-31-26-28-24(27-25(29-26)18-8-4-5-9-21(18)30)17-10-11-22-19(13-17)20-12-15-6-2-3-7-16(15)14-23(20)32-22/h2-14,30H,1H3. The molecule has 6 aromatic rings. The molecule has 6 rings (SSSR count). The van der Waals surface area contributed by atoms with Gasteiger partial charge in [0.1, 0.15) is 16.9 Å². The molecule has 0 unspecified atom stereocenters. The van der Waals surface area contributed by atoms with E-state index >= 15 is 0 Å². The maximum Gasteiger partial charge on any atom is 0.320 e. The molecule has 0 bridgehead atoms. The molecule has 0 fully saturated rings. The summed E-state index contributed by atoms with van der Waals surface area (Å²) in [6, 6.07) is 25.4. The molecule has 32 heavy (non-hydrogen) atoms. The topological polar surface area (TPSA) is 81.3 Å². The van der Waals surface area contributed by atoms with Gasteiger partial charge in [-0.05, 0) is 53.2 Å². The zero-order chi connectivity index (χ0) is 21.7. The van der Waals surface area contributed by atoms with E-state index in [0.717, 1.165) is 38.3 Å². The molecular weight excluding hydrogens is 402 g/mol. The fourth-order valence-electron chi connectivity index (χ4n) is 3.96. The van der Waals surface area contributed by atoms with E-state index in [1.807, 2.05) is 36.4 Å². The lowest BCUT2D eigenvalue weighted by molar-refractivity contribution is 0.379. The first-order valence-electron chi connectivity index (χ1n) is 10.1. The molecule has 0 radical (unpaired) electrons. The maximum atomic E-state index is 10.3. The number of rotatable bonds is 3. The van der Waals surface area contributed by atoms with Crippen LogP contribution in [0.4, 0.5) is 0 Å². The van der Waals surface area contributed by atoms with Crippen LogP contribution in [0, 0.1) is 0 Å². The Morgan fingerprint density at radius 1 is 0.719 bits per heavy atom. The molecule has 6 nitrogen and oxygen atoms in total. The third kappa shape index (κ3) is 2.93. The van der Waals surface area contributed by atoms with Crippen LogP contribution >= 0.6 is 0 Å². The number of para-hydroxylation sites is 1. The Labute approximate surface area is 182 Å². The highest BCUT2D eigenvalue weighted by atomic mass is 16.5. The SMILES string of the molecule is COc1nc(-c2ccc3oc4cc5ccccc5cc4c3c2)nc(-c2ccccc2O)n1. The Morgan fingerprint density at radius 2 is 1.44 bits per heavy atom. The maximum absolute atomic E-state index is 10.3. The van der Waals surface area contributed by atoms with Crippen LogP contribution in [0.3, 0.4) is 0 Å². The van der Waals surface area contributed by atoms with E-state index in [-0.39, 0.29) is 11.8 Å². The van der Waals surface area contributed by atoms with Crippen molar-refractivity contribution in [2.75, 3.05) is 7.11 Å². The minimum absolute atomic E-state index is 0.0925. The predicted molar refractivity (Wildman–Crippen MR) is 124 cm³/mol. The minimum atomic E-state index is 0.0925. The van der Waals surface area contributed by atoms with Crippen molar-refractivity contribution in [3.63, 3.8) is 0 Å². The smallest absolute Gasteiger partial charge is 0.320 e. The molecule has 6 heteroatoms. The Hall–Kier alpha value is -4.45. The number of hydrogen-bond acceptors (Lipinski definition) is 6. The molecule has 0 amide bonds. The van der Waals surface area contributed by atoms with Gasteiger partial charge in [-0.3, -0.25) is 0 Å². The van der Waals surface area contributed by atoms with E-state index < -0.39 is 0 Å². The first-order valence-corrected chi connectivity index (χ1v) is 10.1. The average Bonchev–Trinajstić information content (AvgIpc) is 3.19. The lowest BCUT2D eigenvalue weighted by atomic mass is 10.0. The van der Waals surface area contributed by atoms with Crippen molar-refractivity contribution in [1.82, 2.24) is 15.0 Å². The zero-order valence-corrected chi connectivity index (χ0v) is 17.1. The van der Waals surface area contributed by atoms with Crippen molar-refractivity contribution < 1.29 is 14.3 Å². The molecule has 0 spiro atoms. The van der Waals surface area contributed by atoms with Crippen LogP contribution in [-0.4, -0.2) is 27.2 Å².